The highest BCUT2D eigenvalue weighted by molar-refractivity contribution is 6.30. The van der Waals surface area contributed by atoms with Gasteiger partial charge in [-0.25, -0.2) is 0 Å². The van der Waals surface area contributed by atoms with Gasteiger partial charge in [0, 0.05) is 49.0 Å². The van der Waals surface area contributed by atoms with Crippen molar-refractivity contribution in [1.82, 2.24) is 20.0 Å². The number of hydrogen-bond donors (Lipinski definition) is 2. The summed E-state index contributed by atoms with van der Waals surface area (Å²) in [6.07, 6.45) is 0.152. The Morgan fingerprint density at radius 1 is 1.21 bits per heavy atom. The molecule has 2 aromatic rings. The van der Waals surface area contributed by atoms with E-state index < -0.39 is 0 Å². The summed E-state index contributed by atoms with van der Waals surface area (Å²) in [6, 6.07) is 7.85. The van der Waals surface area contributed by atoms with Gasteiger partial charge in [0.15, 0.2) is 0 Å². The Hall–Kier alpha value is -2.05. The largest absolute Gasteiger partial charge is 0.340 e. The second kappa shape index (κ2) is 7.23. The van der Waals surface area contributed by atoms with Crippen molar-refractivity contribution in [2.75, 3.05) is 26.2 Å². The molecule has 1 aliphatic rings. The lowest BCUT2D eigenvalue weighted by molar-refractivity contribution is -0.132. The van der Waals surface area contributed by atoms with Crippen LogP contribution in [0.5, 0.6) is 0 Å². The van der Waals surface area contributed by atoms with Gasteiger partial charge in [-0.05, 0) is 24.6 Å². The number of carbonyl (C=O) groups is 1. The number of aryl methyl sites for hydroxylation is 1. The molecule has 0 radical (unpaired) electrons. The van der Waals surface area contributed by atoms with Crippen molar-refractivity contribution >= 4 is 17.5 Å². The van der Waals surface area contributed by atoms with Crippen LogP contribution in [0.25, 0.3) is 0 Å². The Bertz CT molecular complexity index is 775. The third-order valence-corrected chi connectivity index (χ3v) is 4.67. The van der Waals surface area contributed by atoms with E-state index in [1.807, 2.05) is 23.1 Å². The van der Waals surface area contributed by atoms with E-state index in [0.29, 0.717) is 18.7 Å². The summed E-state index contributed by atoms with van der Waals surface area (Å²) in [6.45, 7) is 5.63. The van der Waals surface area contributed by atoms with Gasteiger partial charge >= 0.3 is 0 Å². The molecule has 0 saturated carbocycles. The molecule has 7 heteroatoms. The van der Waals surface area contributed by atoms with Crippen molar-refractivity contribution in [1.29, 1.82) is 0 Å². The molecule has 1 aromatic heterocycles. The third kappa shape index (κ3) is 3.88. The van der Waals surface area contributed by atoms with E-state index in [1.165, 1.54) is 5.56 Å². The SMILES string of the molecule is Cc1[nH][nH]c(=O)c1CC(=O)N1CCN(Cc2cccc(Cl)c2)CC1. The maximum Gasteiger partial charge on any atom is 0.267 e. The molecule has 1 fully saturated rings. The number of aromatic nitrogens is 2. The minimum absolute atomic E-state index is 0.00519. The van der Waals surface area contributed by atoms with Crippen LogP contribution in [0.2, 0.25) is 5.02 Å². The van der Waals surface area contributed by atoms with Crippen LogP contribution in [-0.2, 0) is 17.8 Å². The van der Waals surface area contributed by atoms with E-state index in [-0.39, 0.29) is 17.9 Å². The number of halogens is 1. The van der Waals surface area contributed by atoms with Gasteiger partial charge in [-0.15, -0.1) is 0 Å². The fraction of sp³-hybridized carbons (Fsp3) is 0.412. The first-order valence-electron chi connectivity index (χ1n) is 8.03. The topological polar surface area (TPSA) is 72.2 Å². The molecule has 128 valence electrons. The molecule has 0 bridgehead atoms. The standard InChI is InChI=1S/C17H21ClN4O2/c1-12-15(17(24)20-19-12)10-16(23)22-7-5-21(6-8-22)11-13-3-2-4-14(18)9-13/h2-4,9H,5-8,10-11H2,1H3,(H2,19,20,24). The molecule has 24 heavy (non-hydrogen) atoms. The van der Waals surface area contributed by atoms with Gasteiger partial charge in [-0.3, -0.25) is 19.6 Å². The number of amides is 1. The zero-order valence-corrected chi connectivity index (χ0v) is 14.4. The lowest BCUT2D eigenvalue weighted by Gasteiger charge is -2.34. The van der Waals surface area contributed by atoms with Crippen molar-refractivity contribution in [3.05, 3.63) is 56.5 Å². The maximum atomic E-state index is 12.4. The van der Waals surface area contributed by atoms with Gasteiger partial charge in [0.1, 0.15) is 0 Å². The molecule has 0 spiro atoms. The summed E-state index contributed by atoms with van der Waals surface area (Å²) in [5.41, 5.74) is 2.23. The molecule has 0 atom stereocenters. The van der Waals surface area contributed by atoms with Crippen LogP contribution in [0.3, 0.4) is 0 Å². The van der Waals surface area contributed by atoms with E-state index in [0.717, 1.165) is 30.4 Å². The zero-order chi connectivity index (χ0) is 17.1. The van der Waals surface area contributed by atoms with Gasteiger partial charge in [0.2, 0.25) is 5.91 Å². The number of aromatic amines is 2. The lowest BCUT2D eigenvalue weighted by atomic mass is 10.1. The van der Waals surface area contributed by atoms with Crippen LogP contribution in [-0.4, -0.2) is 52.1 Å². The van der Waals surface area contributed by atoms with Crippen LogP contribution in [0.4, 0.5) is 0 Å². The lowest BCUT2D eigenvalue weighted by Crippen LogP contribution is -2.48. The number of benzene rings is 1. The van der Waals surface area contributed by atoms with Gasteiger partial charge < -0.3 is 10.00 Å². The predicted octanol–water partition coefficient (Wildman–Crippen LogP) is 1.55. The molecule has 3 rings (SSSR count). The fourth-order valence-corrected chi connectivity index (χ4v) is 3.21. The Morgan fingerprint density at radius 3 is 2.58 bits per heavy atom. The van der Waals surface area contributed by atoms with Crippen molar-refractivity contribution in [2.24, 2.45) is 0 Å². The normalized spacial score (nSPS) is 15.7. The van der Waals surface area contributed by atoms with Crippen molar-refractivity contribution in [3.63, 3.8) is 0 Å². The molecular formula is C17H21ClN4O2. The second-order valence-electron chi connectivity index (χ2n) is 6.15. The van der Waals surface area contributed by atoms with E-state index >= 15 is 0 Å². The number of rotatable bonds is 4. The highest BCUT2D eigenvalue weighted by Crippen LogP contribution is 2.14. The van der Waals surface area contributed by atoms with Crippen LogP contribution in [0, 0.1) is 6.92 Å². The minimum Gasteiger partial charge on any atom is -0.340 e. The number of piperazine rings is 1. The zero-order valence-electron chi connectivity index (χ0n) is 13.6. The molecule has 1 saturated heterocycles. The number of carbonyl (C=O) groups excluding carboxylic acids is 1. The monoisotopic (exact) mass is 348 g/mol. The van der Waals surface area contributed by atoms with Crippen molar-refractivity contribution in [3.8, 4) is 0 Å². The Labute approximate surface area is 145 Å². The molecule has 1 aliphatic heterocycles. The molecule has 1 aromatic carbocycles. The van der Waals surface area contributed by atoms with Gasteiger partial charge in [-0.1, -0.05) is 23.7 Å². The van der Waals surface area contributed by atoms with Crippen LogP contribution < -0.4 is 5.56 Å². The summed E-state index contributed by atoms with van der Waals surface area (Å²) in [5.74, 6) is 0.00519. The van der Waals surface area contributed by atoms with Crippen LogP contribution in [0.1, 0.15) is 16.8 Å². The summed E-state index contributed by atoms with van der Waals surface area (Å²) < 4.78 is 0. The molecule has 0 aliphatic carbocycles. The first-order valence-corrected chi connectivity index (χ1v) is 8.41. The fourth-order valence-electron chi connectivity index (χ4n) is 3.00. The van der Waals surface area contributed by atoms with Crippen molar-refractivity contribution in [2.45, 2.75) is 19.9 Å². The highest BCUT2D eigenvalue weighted by Gasteiger charge is 2.22. The molecular weight excluding hydrogens is 328 g/mol. The third-order valence-electron chi connectivity index (χ3n) is 4.44. The molecule has 2 heterocycles. The number of H-pyrrole nitrogens is 2. The molecule has 6 nitrogen and oxygen atoms in total. The van der Waals surface area contributed by atoms with E-state index in [4.69, 9.17) is 11.6 Å². The maximum absolute atomic E-state index is 12.4. The average molecular weight is 349 g/mol. The van der Waals surface area contributed by atoms with Crippen LogP contribution >= 0.6 is 11.6 Å². The quantitative estimate of drug-likeness (QED) is 0.880. The summed E-state index contributed by atoms with van der Waals surface area (Å²) in [7, 11) is 0. The Balaban J connectivity index is 1.53. The number of nitrogens with zero attached hydrogens (tertiary/aromatic N) is 2. The number of nitrogens with one attached hydrogen (secondary N) is 2. The van der Waals surface area contributed by atoms with Crippen molar-refractivity contribution < 1.29 is 4.79 Å². The highest BCUT2D eigenvalue weighted by atomic mass is 35.5. The summed E-state index contributed by atoms with van der Waals surface area (Å²) in [4.78, 5) is 28.2. The molecule has 2 N–H and O–H groups in total. The van der Waals surface area contributed by atoms with Crippen LogP contribution in [0.15, 0.2) is 29.1 Å². The van der Waals surface area contributed by atoms with E-state index in [2.05, 4.69) is 21.2 Å². The average Bonchev–Trinajstić information content (AvgIpc) is 2.87. The second-order valence-corrected chi connectivity index (χ2v) is 6.58. The minimum atomic E-state index is -0.208. The number of hydrogen-bond acceptors (Lipinski definition) is 3. The van der Waals surface area contributed by atoms with Gasteiger partial charge in [-0.2, -0.15) is 0 Å². The first-order chi connectivity index (χ1) is 11.5. The summed E-state index contributed by atoms with van der Waals surface area (Å²) >= 11 is 6.02. The predicted molar refractivity (Wildman–Crippen MR) is 93.2 cm³/mol. The smallest absolute Gasteiger partial charge is 0.267 e. The first kappa shape index (κ1) is 16.8. The van der Waals surface area contributed by atoms with Gasteiger partial charge in [0.25, 0.3) is 5.56 Å². The summed E-state index contributed by atoms with van der Waals surface area (Å²) in [5, 5.41) is 6.01. The molecule has 0 unspecified atom stereocenters. The van der Waals surface area contributed by atoms with Gasteiger partial charge in [0.05, 0.1) is 6.42 Å². The molecule has 1 amide bonds. The Kier molecular flexibility index (Phi) is 5.06. The van der Waals surface area contributed by atoms with E-state index in [9.17, 15) is 9.59 Å². The Morgan fingerprint density at radius 2 is 1.96 bits per heavy atom. The van der Waals surface area contributed by atoms with E-state index in [1.54, 1.807) is 6.92 Å².